The van der Waals surface area contributed by atoms with Gasteiger partial charge in [0, 0.05) is 17.2 Å². The molecule has 4 aromatic rings. The fourth-order valence-corrected chi connectivity index (χ4v) is 5.98. The molecule has 0 aliphatic carbocycles. The summed E-state index contributed by atoms with van der Waals surface area (Å²) in [7, 11) is -2.57. The Morgan fingerprint density at radius 2 is 1.60 bits per heavy atom. The first-order valence-corrected chi connectivity index (χ1v) is 15.5. The zero-order valence-corrected chi connectivity index (χ0v) is 26.0. The molecule has 0 saturated carbocycles. The van der Waals surface area contributed by atoms with Crippen LogP contribution in [-0.4, -0.2) is 36.5 Å². The van der Waals surface area contributed by atoms with E-state index in [-0.39, 0.29) is 28.8 Å². The molecule has 43 heavy (non-hydrogen) atoms. The first-order valence-electron chi connectivity index (χ1n) is 13.5. The van der Waals surface area contributed by atoms with Crippen molar-refractivity contribution in [3.05, 3.63) is 101 Å². The number of nitrogens with one attached hydrogen (secondary N) is 2. The fourth-order valence-electron chi connectivity index (χ4n) is 4.83. The van der Waals surface area contributed by atoms with Crippen molar-refractivity contribution < 1.29 is 26.7 Å². The molecule has 2 N–H and O–H groups in total. The quantitative estimate of drug-likeness (QED) is 0.263. The second-order valence-electron chi connectivity index (χ2n) is 11.0. The number of alkyl halides is 2. The molecule has 2 atom stereocenters. The van der Waals surface area contributed by atoms with E-state index >= 15 is 0 Å². The van der Waals surface area contributed by atoms with Gasteiger partial charge >= 0.3 is 0 Å². The highest BCUT2D eigenvalue weighted by Gasteiger charge is 2.43. The Labute approximate surface area is 251 Å². The van der Waals surface area contributed by atoms with Gasteiger partial charge in [-0.15, -0.1) is 0 Å². The Hall–Kier alpha value is -3.95. The first-order chi connectivity index (χ1) is 20.2. The standard InChI is InChI=1S/C31H31F2N4O4PS/c1-18-7-5-8-19(2)27(18)24-16-26-36-29(35-24)37-43(39,40)23-10-6-9-21(15-23)28(38)34-17-25(41-26)20-11-13-22(14-12-20)30(3,4)31(32,33)42/h5-16,25H,17,42H2,1-4H3,(H,34,38)(H,35,36,37)/t25-/m0/s1. The molecule has 1 aliphatic rings. The molecule has 1 aliphatic heterocycles. The number of carbonyl (C=O) groups excluding carboxylic acids is 1. The van der Waals surface area contributed by atoms with Crippen LogP contribution in [0.1, 0.15) is 52.6 Å². The third-order valence-electron chi connectivity index (χ3n) is 7.62. The minimum Gasteiger partial charge on any atom is -0.467 e. The number of aromatic nitrogens is 2. The predicted octanol–water partition coefficient (Wildman–Crippen LogP) is 6.17. The highest BCUT2D eigenvalue weighted by molar-refractivity contribution is 7.92. The number of amides is 1. The number of hydrogen-bond acceptors (Lipinski definition) is 6. The summed E-state index contributed by atoms with van der Waals surface area (Å²) in [4.78, 5) is 21.8. The van der Waals surface area contributed by atoms with Crippen molar-refractivity contribution in [2.24, 2.45) is 0 Å². The molecule has 1 unspecified atom stereocenters. The topological polar surface area (TPSA) is 110 Å². The molecular formula is C31H31F2N4O4PS. The monoisotopic (exact) mass is 624 g/mol. The summed E-state index contributed by atoms with van der Waals surface area (Å²) in [6, 6.07) is 19.5. The van der Waals surface area contributed by atoms with Crippen LogP contribution in [0.3, 0.4) is 0 Å². The lowest BCUT2D eigenvalue weighted by molar-refractivity contribution is 0.0285. The number of anilines is 1. The molecule has 1 amide bonds. The van der Waals surface area contributed by atoms with Crippen LogP contribution in [0.2, 0.25) is 0 Å². The van der Waals surface area contributed by atoms with Gasteiger partial charge < -0.3 is 10.1 Å². The van der Waals surface area contributed by atoms with Crippen LogP contribution in [0.15, 0.2) is 77.7 Å². The SMILES string of the molecule is Cc1cccc(C)c1-c1cc2nc(n1)NS(=O)(=O)c1cccc(c1)C(=O)NC[C@@H](c1ccc(C(C)(C)C(F)(F)P)cc1)O2. The van der Waals surface area contributed by atoms with Gasteiger partial charge in [0.15, 0.2) is 0 Å². The molecular weight excluding hydrogens is 593 g/mol. The van der Waals surface area contributed by atoms with Crippen LogP contribution in [-0.2, 0) is 15.4 Å². The van der Waals surface area contributed by atoms with Crippen molar-refractivity contribution >= 4 is 31.1 Å². The van der Waals surface area contributed by atoms with Crippen LogP contribution in [0.25, 0.3) is 11.3 Å². The minimum absolute atomic E-state index is 0.0240. The molecule has 1 aromatic heterocycles. The zero-order chi connectivity index (χ0) is 31.2. The summed E-state index contributed by atoms with van der Waals surface area (Å²) in [6.07, 6.45) is -0.813. The first kappa shape index (κ1) is 30.5. The maximum Gasteiger partial charge on any atom is 0.267 e. The van der Waals surface area contributed by atoms with Gasteiger partial charge in [-0.05, 0) is 68.1 Å². The van der Waals surface area contributed by atoms with E-state index in [1.807, 2.05) is 32.0 Å². The molecule has 3 aromatic carbocycles. The summed E-state index contributed by atoms with van der Waals surface area (Å²) in [5.74, 6) is -0.673. The second kappa shape index (κ2) is 11.3. The molecule has 0 fully saturated rings. The van der Waals surface area contributed by atoms with E-state index in [2.05, 4.69) is 20.0 Å². The summed E-state index contributed by atoms with van der Waals surface area (Å²) in [5.41, 5.74) is -0.324. The lowest BCUT2D eigenvalue weighted by Crippen LogP contribution is -2.35. The van der Waals surface area contributed by atoms with Gasteiger partial charge in [0.1, 0.15) is 6.10 Å². The lowest BCUT2D eigenvalue weighted by atomic mass is 9.84. The molecule has 8 nitrogen and oxygen atoms in total. The Morgan fingerprint density at radius 3 is 2.26 bits per heavy atom. The second-order valence-corrected chi connectivity index (χ2v) is 13.4. The number of sulfonamides is 1. The van der Waals surface area contributed by atoms with E-state index in [4.69, 9.17) is 4.74 Å². The van der Waals surface area contributed by atoms with E-state index in [0.717, 1.165) is 16.7 Å². The lowest BCUT2D eigenvalue weighted by Gasteiger charge is -2.32. The van der Waals surface area contributed by atoms with Crippen molar-refractivity contribution in [2.45, 2.75) is 49.8 Å². The number of ether oxygens (including phenoxy) is 1. The van der Waals surface area contributed by atoms with Crippen molar-refractivity contribution in [1.29, 1.82) is 0 Å². The molecule has 12 heteroatoms. The van der Waals surface area contributed by atoms with Gasteiger partial charge in [-0.3, -0.25) is 4.79 Å². The number of halogens is 2. The van der Waals surface area contributed by atoms with Gasteiger partial charge in [-0.1, -0.05) is 57.8 Å². The number of carbonyl (C=O) groups is 1. The molecule has 0 spiro atoms. The summed E-state index contributed by atoms with van der Waals surface area (Å²) < 4.78 is 64.0. The van der Waals surface area contributed by atoms with E-state index in [1.165, 1.54) is 38.1 Å². The van der Waals surface area contributed by atoms with Crippen LogP contribution >= 0.6 is 9.24 Å². The van der Waals surface area contributed by atoms with Gasteiger partial charge in [0.25, 0.3) is 21.6 Å². The third kappa shape index (κ3) is 6.24. The van der Waals surface area contributed by atoms with Crippen molar-refractivity contribution in [3.63, 3.8) is 0 Å². The molecule has 2 heterocycles. The normalized spacial score (nSPS) is 16.9. The number of fused-ring (bicyclic) bond motifs is 4. The van der Waals surface area contributed by atoms with Gasteiger partial charge in [0.05, 0.1) is 22.5 Å². The molecule has 5 rings (SSSR count). The average molecular weight is 625 g/mol. The molecule has 224 valence electrons. The van der Waals surface area contributed by atoms with Crippen LogP contribution in [0, 0.1) is 13.8 Å². The third-order valence-corrected chi connectivity index (χ3v) is 9.67. The Morgan fingerprint density at radius 1 is 0.953 bits per heavy atom. The van der Waals surface area contributed by atoms with Crippen LogP contribution in [0.4, 0.5) is 14.7 Å². The van der Waals surface area contributed by atoms with E-state index in [1.54, 1.807) is 39.6 Å². The molecule has 0 saturated heterocycles. The Balaban J connectivity index is 1.64. The fraction of sp³-hybridized carbons (Fsp3) is 0.258. The van der Waals surface area contributed by atoms with Gasteiger partial charge in [-0.2, -0.15) is 4.98 Å². The largest absolute Gasteiger partial charge is 0.467 e. The number of nitrogens with zero attached hydrogens (tertiary/aromatic N) is 2. The van der Waals surface area contributed by atoms with Crippen molar-refractivity contribution in [1.82, 2.24) is 15.3 Å². The van der Waals surface area contributed by atoms with Crippen LogP contribution < -0.4 is 14.8 Å². The van der Waals surface area contributed by atoms with Crippen molar-refractivity contribution in [2.75, 3.05) is 11.3 Å². The Kier molecular flexibility index (Phi) is 8.00. The van der Waals surface area contributed by atoms with E-state index in [0.29, 0.717) is 16.8 Å². The number of aryl methyl sites for hydroxylation is 2. The number of hydrogen-bond donors (Lipinski definition) is 2. The molecule has 0 radical (unpaired) electrons. The van der Waals surface area contributed by atoms with E-state index < -0.39 is 33.1 Å². The highest BCUT2D eigenvalue weighted by atomic mass is 32.2. The highest BCUT2D eigenvalue weighted by Crippen LogP contribution is 2.44. The number of rotatable bonds is 4. The predicted molar refractivity (Wildman–Crippen MR) is 164 cm³/mol. The molecule has 4 bridgehead atoms. The van der Waals surface area contributed by atoms with Crippen molar-refractivity contribution in [3.8, 4) is 17.1 Å². The summed E-state index contributed by atoms with van der Waals surface area (Å²) >= 11 is 0. The smallest absolute Gasteiger partial charge is 0.267 e. The average Bonchev–Trinajstić information content (AvgIpc) is 2.94. The maximum absolute atomic E-state index is 14.3. The summed E-state index contributed by atoms with van der Waals surface area (Å²) in [5, 5.41) is 2.80. The Bertz CT molecular complexity index is 1790. The number of benzene rings is 3. The summed E-state index contributed by atoms with van der Waals surface area (Å²) in [6.45, 7) is 6.73. The zero-order valence-electron chi connectivity index (χ0n) is 24.0. The van der Waals surface area contributed by atoms with Gasteiger partial charge in [0.2, 0.25) is 11.8 Å². The van der Waals surface area contributed by atoms with Crippen LogP contribution in [0.5, 0.6) is 5.88 Å². The minimum atomic E-state index is -4.17. The van der Waals surface area contributed by atoms with Gasteiger partial charge in [-0.25, -0.2) is 26.9 Å². The van der Waals surface area contributed by atoms with E-state index in [9.17, 15) is 22.0 Å². The maximum atomic E-state index is 14.3.